The lowest BCUT2D eigenvalue weighted by Gasteiger charge is -2.31. The van der Waals surface area contributed by atoms with Crippen molar-refractivity contribution in [3.63, 3.8) is 0 Å². The first kappa shape index (κ1) is 15.9. The maximum Gasteiger partial charge on any atom is 0.412 e. The second-order valence-electron chi connectivity index (χ2n) is 7.05. The first-order valence-electron chi connectivity index (χ1n) is 7.99. The zero-order valence-electron chi connectivity index (χ0n) is 13.7. The number of nitrogens with one attached hydrogen (secondary N) is 1. The molecule has 1 fully saturated rings. The lowest BCUT2D eigenvalue weighted by Crippen LogP contribution is -2.40. The van der Waals surface area contributed by atoms with E-state index in [-0.39, 0.29) is 11.4 Å². The minimum Gasteiger partial charge on any atom is -0.448 e. The zero-order valence-corrected chi connectivity index (χ0v) is 13.7. The van der Waals surface area contributed by atoms with Crippen LogP contribution < -0.4 is 14.8 Å². The highest BCUT2D eigenvalue weighted by Crippen LogP contribution is 2.50. The summed E-state index contributed by atoms with van der Waals surface area (Å²) in [5, 5.41) is 2.45. The molecule has 0 saturated heterocycles. The molecule has 126 valence electrons. The van der Waals surface area contributed by atoms with Crippen molar-refractivity contribution in [2.45, 2.75) is 64.3 Å². The number of carbonyl (C=O) groups excluding carboxylic acids is 1. The van der Waals surface area contributed by atoms with Crippen molar-refractivity contribution in [2.24, 2.45) is 0 Å². The number of rotatable bonds is 1. The lowest BCUT2D eigenvalue weighted by molar-refractivity contribution is -0.105. The predicted octanol–water partition coefficient (Wildman–Crippen LogP) is 4.60. The Hall–Kier alpha value is -1.98. The SMILES string of the molecule is CC(C)(C)OC(=O)Nc1c(F)ccc2c1OC1(CCCCC1)O2. The molecule has 1 spiro atoms. The number of anilines is 1. The summed E-state index contributed by atoms with van der Waals surface area (Å²) in [6.45, 7) is 5.24. The van der Waals surface area contributed by atoms with E-state index in [2.05, 4.69) is 5.32 Å². The largest absolute Gasteiger partial charge is 0.448 e. The highest BCUT2D eigenvalue weighted by Gasteiger charge is 2.44. The van der Waals surface area contributed by atoms with Crippen molar-refractivity contribution >= 4 is 11.8 Å². The Morgan fingerprint density at radius 1 is 1.22 bits per heavy atom. The average Bonchev–Trinajstić information content (AvgIpc) is 2.79. The number of amides is 1. The summed E-state index contributed by atoms with van der Waals surface area (Å²) in [6, 6.07) is 2.80. The molecule has 1 aliphatic carbocycles. The van der Waals surface area contributed by atoms with Crippen LogP contribution in [0.1, 0.15) is 52.9 Å². The topological polar surface area (TPSA) is 56.8 Å². The standard InChI is InChI=1S/C17H22FNO4/c1-16(2,3)23-15(20)19-13-11(18)7-8-12-14(13)22-17(21-12)9-5-4-6-10-17/h7-8H,4-6,9-10H2,1-3H3,(H,19,20). The highest BCUT2D eigenvalue weighted by molar-refractivity contribution is 5.88. The normalized spacial score (nSPS) is 18.8. The molecule has 1 heterocycles. The first-order chi connectivity index (χ1) is 10.8. The molecule has 0 radical (unpaired) electrons. The Labute approximate surface area is 135 Å². The Kier molecular flexibility index (Phi) is 3.86. The quantitative estimate of drug-likeness (QED) is 0.820. The Morgan fingerprint density at radius 2 is 1.91 bits per heavy atom. The smallest absolute Gasteiger partial charge is 0.412 e. The van der Waals surface area contributed by atoms with Crippen LogP contribution in [-0.2, 0) is 4.74 Å². The van der Waals surface area contributed by atoms with E-state index in [1.54, 1.807) is 20.8 Å². The van der Waals surface area contributed by atoms with Crippen LogP contribution in [0.25, 0.3) is 0 Å². The summed E-state index contributed by atoms with van der Waals surface area (Å²) in [6.07, 6.45) is 3.95. The molecule has 6 heteroatoms. The van der Waals surface area contributed by atoms with E-state index in [0.717, 1.165) is 32.1 Å². The predicted molar refractivity (Wildman–Crippen MR) is 83.3 cm³/mol. The molecule has 1 aliphatic heterocycles. The first-order valence-corrected chi connectivity index (χ1v) is 7.99. The van der Waals surface area contributed by atoms with Crippen LogP contribution >= 0.6 is 0 Å². The fraction of sp³-hybridized carbons (Fsp3) is 0.588. The van der Waals surface area contributed by atoms with Crippen LogP contribution in [0.4, 0.5) is 14.9 Å². The number of halogens is 1. The lowest BCUT2D eigenvalue weighted by atomic mass is 9.94. The van der Waals surface area contributed by atoms with Gasteiger partial charge in [0, 0.05) is 12.8 Å². The van der Waals surface area contributed by atoms with Crippen molar-refractivity contribution in [3.8, 4) is 11.5 Å². The van der Waals surface area contributed by atoms with Crippen LogP contribution in [0, 0.1) is 5.82 Å². The third-order valence-corrected chi connectivity index (χ3v) is 3.90. The van der Waals surface area contributed by atoms with E-state index in [1.165, 1.54) is 12.1 Å². The molecule has 3 rings (SSSR count). The van der Waals surface area contributed by atoms with Crippen molar-refractivity contribution in [3.05, 3.63) is 17.9 Å². The number of hydrogen-bond donors (Lipinski definition) is 1. The summed E-state index contributed by atoms with van der Waals surface area (Å²) < 4.78 is 31.2. The minimum atomic E-state index is -0.724. The summed E-state index contributed by atoms with van der Waals surface area (Å²) >= 11 is 0. The van der Waals surface area contributed by atoms with Crippen molar-refractivity contribution in [1.82, 2.24) is 0 Å². The van der Waals surface area contributed by atoms with E-state index >= 15 is 0 Å². The molecule has 1 N–H and O–H groups in total. The van der Waals surface area contributed by atoms with Gasteiger partial charge in [-0.05, 0) is 45.7 Å². The maximum atomic E-state index is 14.2. The van der Waals surface area contributed by atoms with E-state index < -0.39 is 23.3 Å². The van der Waals surface area contributed by atoms with Crippen LogP contribution in [0.3, 0.4) is 0 Å². The second kappa shape index (κ2) is 5.58. The van der Waals surface area contributed by atoms with Gasteiger partial charge >= 0.3 is 6.09 Å². The maximum absolute atomic E-state index is 14.2. The molecule has 1 amide bonds. The van der Waals surface area contributed by atoms with E-state index in [9.17, 15) is 9.18 Å². The monoisotopic (exact) mass is 323 g/mol. The van der Waals surface area contributed by atoms with Crippen molar-refractivity contribution < 1.29 is 23.4 Å². The van der Waals surface area contributed by atoms with Crippen molar-refractivity contribution in [1.29, 1.82) is 0 Å². The molecular formula is C17H22FNO4. The van der Waals surface area contributed by atoms with Crippen LogP contribution in [0.15, 0.2) is 12.1 Å². The molecular weight excluding hydrogens is 301 g/mol. The van der Waals surface area contributed by atoms with Crippen molar-refractivity contribution in [2.75, 3.05) is 5.32 Å². The molecule has 1 aromatic rings. The number of ether oxygens (including phenoxy) is 3. The number of hydrogen-bond acceptors (Lipinski definition) is 4. The zero-order chi connectivity index (χ0) is 16.7. The van der Waals surface area contributed by atoms with Gasteiger partial charge in [0.25, 0.3) is 5.79 Å². The molecule has 2 aliphatic rings. The Balaban J connectivity index is 1.83. The van der Waals surface area contributed by atoms with Gasteiger partial charge in [-0.15, -0.1) is 0 Å². The van der Waals surface area contributed by atoms with E-state index in [0.29, 0.717) is 5.75 Å². The van der Waals surface area contributed by atoms with Crippen LogP contribution in [0.2, 0.25) is 0 Å². The highest BCUT2D eigenvalue weighted by atomic mass is 19.1. The van der Waals surface area contributed by atoms with Gasteiger partial charge in [-0.1, -0.05) is 6.42 Å². The molecule has 23 heavy (non-hydrogen) atoms. The van der Waals surface area contributed by atoms with Crippen LogP contribution in [0.5, 0.6) is 11.5 Å². The summed E-state index contributed by atoms with van der Waals surface area (Å²) in [7, 11) is 0. The van der Waals surface area contributed by atoms with Gasteiger partial charge in [0.15, 0.2) is 17.3 Å². The third kappa shape index (κ3) is 3.35. The van der Waals surface area contributed by atoms with E-state index in [1.807, 2.05) is 0 Å². The van der Waals surface area contributed by atoms with Gasteiger partial charge in [-0.2, -0.15) is 0 Å². The van der Waals surface area contributed by atoms with Gasteiger partial charge in [-0.3, -0.25) is 5.32 Å². The number of fused-ring (bicyclic) bond motifs is 1. The summed E-state index contributed by atoms with van der Waals surface area (Å²) in [4.78, 5) is 12.0. The van der Waals surface area contributed by atoms with Gasteiger partial charge < -0.3 is 14.2 Å². The molecule has 0 aromatic heterocycles. The average molecular weight is 323 g/mol. The molecule has 1 saturated carbocycles. The third-order valence-electron chi connectivity index (χ3n) is 3.90. The van der Waals surface area contributed by atoms with Gasteiger partial charge in [0.2, 0.25) is 0 Å². The molecule has 0 atom stereocenters. The fourth-order valence-electron chi connectivity index (χ4n) is 2.95. The summed E-state index contributed by atoms with van der Waals surface area (Å²) in [5.74, 6) is -0.596. The number of carbonyl (C=O) groups is 1. The van der Waals surface area contributed by atoms with Crippen LogP contribution in [-0.4, -0.2) is 17.5 Å². The van der Waals surface area contributed by atoms with E-state index in [4.69, 9.17) is 14.2 Å². The van der Waals surface area contributed by atoms with Gasteiger partial charge in [-0.25, -0.2) is 9.18 Å². The fourth-order valence-corrected chi connectivity index (χ4v) is 2.95. The Morgan fingerprint density at radius 3 is 2.57 bits per heavy atom. The molecule has 5 nitrogen and oxygen atoms in total. The minimum absolute atomic E-state index is 0.0285. The van der Waals surface area contributed by atoms with Gasteiger partial charge in [0.1, 0.15) is 11.3 Å². The number of benzene rings is 1. The van der Waals surface area contributed by atoms with Gasteiger partial charge in [0.05, 0.1) is 0 Å². The molecule has 0 unspecified atom stereocenters. The Bertz CT molecular complexity index is 618. The summed E-state index contributed by atoms with van der Waals surface area (Å²) in [5.41, 5.74) is -0.695. The second-order valence-corrected chi connectivity index (χ2v) is 7.05. The molecule has 1 aromatic carbocycles. The molecule has 0 bridgehead atoms.